The number of methoxy groups -OCH3 is 2. The molecule has 0 spiro atoms. The van der Waals surface area contributed by atoms with Crippen LogP contribution in [0.15, 0.2) is 41.1 Å². The second-order valence-electron chi connectivity index (χ2n) is 5.77. The van der Waals surface area contributed by atoms with E-state index in [-0.39, 0.29) is 25.2 Å². The van der Waals surface area contributed by atoms with Crippen molar-refractivity contribution in [2.45, 2.75) is 19.4 Å². The summed E-state index contributed by atoms with van der Waals surface area (Å²) in [7, 11) is 3.17. The van der Waals surface area contributed by atoms with E-state index in [2.05, 4.69) is 4.98 Å². The van der Waals surface area contributed by atoms with Crippen molar-refractivity contribution in [3.63, 3.8) is 0 Å². The number of ketones is 1. The second kappa shape index (κ2) is 9.48. The number of rotatable bonds is 9. The van der Waals surface area contributed by atoms with Gasteiger partial charge < -0.3 is 14.2 Å². The van der Waals surface area contributed by atoms with Gasteiger partial charge in [0.2, 0.25) is 0 Å². The van der Waals surface area contributed by atoms with Gasteiger partial charge in [-0.2, -0.15) is 0 Å². The summed E-state index contributed by atoms with van der Waals surface area (Å²) in [6.45, 7) is 0.0792. The highest BCUT2D eigenvalue weighted by molar-refractivity contribution is 7.13. The van der Waals surface area contributed by atoms with E-state index in [1.165, 1.54) is 22.7 Å². The van der Waals surface area contributed by atoms with E-state index in [1.54, 1.807) is 20.3 Å². The van der Waals surface area contributed by atoms with Crippen LogP contribution in [0, 0.1) is 0 Å². The van der Waals surface area contributed by atoms with E-state index >= 15 is 0 Å². The number of aromatic nitrogens is 1. The minimum absolute atomic E-state index is 0.0450. The Kier molecular flexibility index (Phi) is 6.78. The number of carbonyl (C=O) groups excluding carboxylic acids is 2. The third-order valence-corrected chi connectivity index (χ3v) is 5.77. The monoisotopic (exact) mass is 417 g/mol. The van der Waals surface area contributed by atoms with Crippen LogP contribution < -0.4 is 9.47 Å². The van der Waals surface area contributed by atoms with Crippen LogP contribution in [0.1, 0.15) is 28.2 Å². The highest BCUT2D eigenvalue weighted by Gasteiger charge is 2.13. The molecule has 0 atom stereocenters. The Balaban J connectivity index is 1.53. The van der Waals surface area contributed by atoms with E-state index < -0.39 is 5.97 Å². The smallest absolute Gasteiger partial charge is 0.306 e. The largest absolute Gasteiger partial charge is 0.493 e. The zero-order valence-electron chi connectivity index (χ0n) is 15.5. The molecule has 0 fully saturated rings. The molecule has 0 saturated carbocycles. The van der Waals surface area contributed by atoms with E-state index in [0.29, 0.717) is 22.1 Å². The summed E-state index contributed by atoms with van der Waals surface area (Å²) < 4.78 is 15.8. The summed E-state index contributed by atoms with van der Waals surface area (Å²) in [6.07, 6.45) is 0.205. The topological polar surface area (TPSA) is 74.7 Å². The number of esters is 1. The molecule has 8 heteroatoms. The van der Waals surface area contributed by atoms with E-state index in [9.17, 15) is 9.59 Å². The molecule has 0 aliphatic carbocycles. The van der Waals surface area contributed by atoms with Crippen LogP contribution in [-0.4, -0.2) is 31.0 Å². The predicted molar refractivity (Wildman–Crippen MR) is 108 cm³/mol. The van der Waals surface area contributed by atoms with Gasteiger partial charge in [-0.15, -0.1) is 22.7 Å². The Hall–Kier alpha value is -2.71. The summed E-state index contributed by atoms with van der Waals surface area (Å²) in [5.41, 5.74) is 1.55. The van der Waals surface area contributed by atoms with Crippen LogP contribution >= 0.6 is 22.7 Å². The maximum atomic E-state index is 11.9. The van der Waals surface area contributed by atoms with Gasteiger partial charge in [-0.25, -0.2) is 4.98 Å². The van der Waals surface area contributed by atoms with Gasteiger partial charge in [0.25, 0.3) is 0 Å². The number of ether oxygens (including phenoxy) is 3. The second-order valence-corrected chi connectivity index (χ2v) is 7.58. The zero-order chi connectivity index (χ0) is 19.9. The quantitative estimate of drug-likeness (QED) is 0.374. The molecule has 0 amide bonds. The molecule has 146 valence electrons. The molecule has 0 unspecified atom stereocenters. The fourth-order valence-electron chi connectivity index (χ4n) is 2.48. The molecular weight excluding hydrogens is 398 g/mol. The van der Waals surface area contributed by atoms with Gasteiger partial charge in [-0.1, -0.05) is 6.07 Å². The minimum Gasteiger partial charge on any atom is -0.493 e. The SMILES string of the molecule is COc1ccc(-c2nc(COC(=O)CCC(=O)c3cccs3)cs2)cc1OC. The van der Waals surface area contributed by atoms with Gasteiger partial charge in [-0.05, 0) is 29.6 Å². The van der Waals surface area contributed by atoms with Crippen LogP contribution in [-0.2, 0) is 16.1 Å². The molecule has 0 bridgehead atoms. The highest BCUT2D eigenvalue weighted by Crippen LogP contribution is 2.33. The standard InChI is InChI=1S/C20H19NO5S2/c1-24-16-7-5-13(10-17(16)25-2)20-21-14(12-28-20)11-26-19(23)8-6-15(22)18-4-3-9-27-18/h3-5,7,9-10,12H,6,8,11H2,1-2H3. The Labute approximate surface area is 170 Å². The minimum atomic E-state index is -0.412. The molecule has 0 N–H and O–H groups in total. The lowest BCUT2D eigenvalue weighted by atomic mass is 10.2. The molecule has 3 aromatic rings. The zero-order valence-corrected chi connectivity index (χ0v) is 17.1. The first-order valence-electron chi connectivity index (χ1n) is 8.50. The number of Topliss-reactive ketones (excluding diaryl/α,β-unsaturated/α-hetero) is 1. The first-order chi connectivity index (χ1) is 13.6. The molecule has 0 aliphatic rings. The highest BCUT2D eigenvalue weighted by atomic mass is 32.1. The molecule has 28 heavy (non-hydrogen) atoms. The number of hydrogen-bond donors (Lipinski definition) is 0. The van der Waals surface area contributed by atoms with Crippen molar-refractivity contribution in [3.05, 3.63) is 51.7 Å². The van der Waals surface area contributed by atoms with Crippen molar-refractivity contribution in [3.8, 4) is 22.1 Å². The Morgan fingerprint density at radius 3 is 2.57 bits per heavy atom. The summed E-state index contributed by atoms with van der Waals surface area (Å²) in [4.78, 5) is 29.0. The van der Waals surface area contributed by atoms with Gasteiger partial charge in [0, 0.05) is 17.4 Å². The van der Waals surface area contributed by atoms with E-state index in [1.807, 2.05) is 35.0 Å². The van der Waals surface area contributed by atoms with Gasteiger partial charge in [0.15, 0.2) is 17.3 Å². The van der Waals surface area contributed by atoms with E-state index in [4.69, 9.17) is 14.2 Å². The molecule has 0 radical (unpaired) electrons. The lowest BCUT2D eigenvalue weighted by molar-refractivity contribution is -0.145. The molecule has 2 heterocycles. The summed E-state index contributed by atoms with van der Waals surface area (Å²) >= 11 is 2.82. The number of nitrogens with zero attached hydrogens (tertiary/aromatic N) is 1. The van der Waals surface area contributed by atoms with Crippen molar-refractivity contribution < 1.29 is 23.8 Å². The maximum absolute atomic E-state index is 11.9. The maximum Gasteiger partial charge on any atom is 0.306 e. The van der Waals surface area contributed by atoms with Crippen molar-refractivity contribution in [2.24, 2.45) is 0 Å². The number of thiazole rings is 1. The Bertz CT molecular complexity index is 949. The number of carbonyl (C=O) groups is 2. The van der Waals surface area contributed by atoms with Crippen LogP contribution in [0.25, 0.3) is 10.6 Å². The van der Waals surface area contributed by atoms with Crippen LogP contribution in [0.4, 0.5) is 0 Å². The van der Waals surface area contributed by atoms with Crippen molar-refractivity contribution in [2.75, 3.05) is 14.2 Å². The lowest BCUT2D eigenvalue weighted by Crippen LogP contribution is -2.07. The molecule has 0 aliphatic heterocycles. The summed E-state index contributed by atoms with van der Waals surface area (Å²) in [5.74, 6) is 0.814. The molecule has 2 aromatic heterocycles. The van der Waals surface area contributed by atoms with Gasteiger partial charge in [-0.3, -0.25) is 9.59 Å². The van der Waals surface area contributed by atoms with Crippen LogP contribution in [0.2, 0.25) is 0 Å². The molecule has 6 nitrogen and oxygen atoms in total. The van der Waals surface area contributed by atoms with Crippen molar-refractivity contribution in [1.29, 1.82) is 0 Å². The normalized spacial score (nSPS) is 10.5. The number of benzene rings is 1. The van der Waals surface area contributed by atoms with Gasteiger partial charge >= 0.3 is 5.97 Å². The average Bonchev–Trinajstić information content (AvgIpc) is 3.42. The van der Waals surface area contributed by atoms with Crippen molar-refractivity contribution in [1.82, 2.24) is 4.98 Å². The lowest BCUT2D eigenvalue weighted by Gasteiger charge is -2.08. The fourth-order valence-corrected chi connectivity index (χ4v) is 3.97. The van der Waals surface area contributed by atoms with Gasteiger partial charge in [0.05, 0.1) is 31.2 Å². The number of hydrogen-bond acceptors (Lipinski definition) is 8. The molecular formula is C20H19NO5S2. The summed E-state index contributed by atoms with van der Waals surface area (Å²) in [6, 6.07) is 9.13. The van der Waals surface area contributed by atoms with Crippen molar-refractivity contribution >= 4 is 34.4 Å². The third-order valence-electron chi connectivity index (χ3n) is 3.92. The average molecular weight is 418 g/mol. The van der Waals surface area contributed by atoms with Crippen LogP contribution in [0.5, 0.6) is 11.5 Å². The summed E-state index contributed by atoms with van der Waals surface area (Å²) in [5, 5.41) is 4.47. The van der Waals surface area contributed by atoms with E-state index in [0.717, 1.165) is 10.6 Å². The van der Waals surface area contributed by atoms with Crippen LogP contribution in [0.3, 0.4) is 0 Å². The Morgan fingerprint density at radius 1 is 1.04 bits per heavy atom. The fraction of sp³-hybridized carbons (Fsp3) is 0.250. The Morgan fingerprint density at radius 2 is 1.86 bits per heavy atom. The number of thiophene rings is 1. The first kappa shape index (κ1) is 20.0. The van der Waals surface area contributed by atoms with Gasteiger partial charge in [0.1, 0.15) is 11.6 Å². The molecule has 0 saturated heterocycles. The first-order valence-corrected chi connectivity index (χ1v) is 10.3. The third kappa shape index (κ3) is 4.96. The predicted octanol–water partition coefficient (Wildman–Crippen LogP) is 4.60. The molecule has 1 aromatic carbocycles. The molecule has 3 rings (SSSR count).